The van der Waals surface area contributed by atoms with E-state index in [1.54, 1.807) is 0 Å². The fraction of sp³-hybridized carbons (Fsp3) is 0.348. The predicted molar refractivity (Wildman–Crippen MR) is 119 cm³/mol. The van der Waals surface area contributed by atoms with E-state index >= 15 is 0 Å². The van der Waals surface area contributed by atoms with Gasteiger partial charge in [0.05, 0.1) is 18.4 Å². The second kappa shape index (κ2) is 7.78. The van der Waals surface area contributed by atoms with E-state index in [4.69, 9.17) is 4.28 Å². The molecule has 2 aromatic carbocycles. The largest absolute Gasteiger partial charge is 0.355 e. The second-order valence-corrected chi connectivity index (χ2v) is 9.96. The quantitative estimate of drug-likeness (QED) is 0.656. The third-order valence-corrected chi connectivity index (χ3v) is 6.41. The van der Waals surface area contributed by atoms with Crippen LogP contribution in [-0.4, -0.2) is 48.6 Å². The zero-order valence-electron chi connectivity index (χ0n) is 17.4. The Balaban J connectivity index is 1.46. The van der Waals surface area contributed by atoms with Crippen molar-refractivity contribution < 1.29 is 17.5 Å². The molecule has 0 atom stereocenters. The summed E-state index contributed by atoms with van der Waals surface area (Å²) in [5, 5.41) is 2.00. The number of aromatic nitrogens is 1. The first-order valence-corrected chi connectivity index (χ1v) is 12.4. The highest BCUT2D eigenvalue weighted by Gasteiger charge is 2.33. The Kier molecular flexibility index (Phi) is 5.08. The van der Waals surface area contributed by atoms with Gasteiger partial charge in [-0.3, -0.25) is 9.69 Å². The zero-order valence-corrected chi connectivity index (χ0v) is 18.2. The van der Waals surface area contributed by atoms with E-state index in [2.05, 4.69) is 34.1 Å². The van der Waals surface area contributed by atoms with Gasteiger partial charge in [0.25, 0.3) is 16.0 Å². The van der Waals surface area contributed by atoms with Gasteiger partial charge in [-0.1, -0.05) is 30.7 Å². The van der Waals surface area contributed by atoms with Crippen LogP contribution in [0.5, 0.6) is 0 Å². The molecule has 0 spiro atoms. The fourth-order valence-electron chi connectivity index (χ4n) is 4.59. The van der Waals surface area contributed by atoms with Gasteiger partial charge in [0.15, 0.2) is 0 Å². The van der Waals surface area contributed by atoms with Crippen LogP contribution in [0.3, 0.4) is 0 Å². The van der Waals surface area contributed by atoms with Gasteiger partial charge in [-0.2, -0.15) is 13.5 Å². The summed E-state index contributed by atoms with van der Waals surface area (Å²) in [6.07, 6.45) is 4.79. The number of nitrogens with zero attached hydrogens (tertiary/aromatic N) is 2. The maximum absolute atomic E-state index is 12.9. The number of rotatable bonds is 5. The SMILES string of the molecule is CS(=O)(=O)ON1Cc2cccc(-c3cc4cc(CN5CCCCC5)ccc4[nH]3)c2C1=O. The standard InChI is InChI=1S/C23H25N3O4S/c1-31(28,29)30-26-15-17-6-5-7-19(22(17)23(26)27)21-13-18-12-16(8-9-20(18)24-21)14-25-10-3-2-4-11-25/h5-9,12-13,24H,2-4,10-11,14-15H2,1H3. The molecule has 0 unspecified atom stereocenters. The van der Waals surface area contributed by atoms with Crippen molar-refractivity contribution in [2.75, 3.05) is 19.3 Å². The van der Waals surface area contributed by atoms with Gasteiger partial charge in [0.2, 0.25) is 0 Å². The van der Waals surface area contributed by atoms with Gasteiger partial charge >= 0.3 is 0 Å². The van der Waals surface area contributed by atoms with Crippen molar-refractivity contribution in [2.24, 2.45) is 0 Å². The van der Waals surface area contributed by atoms with Crippen molar-refractivity contribution in [1.29, 1.82) is 0 Å². The van der Waals surface area contributed by atoms with Crippen LogP contribution in [0.2, 0.25) is 0 Å². The third-order valence-electron chi connectivity index (χ3n) is 5.96. The molecule has 8 heteroatoms. The summed E-state index contributed by atoms with van der Waals surface area (Å²) in [5.74, 6) is -0.444. The number of benzene rings is 2. The molecule has 1 saturated heterocycles. The highest BCUT2D eigenvalue weighted by molar-refractivity contribution is 7.85. The lowest BCUT2D eigenvalue weighted by Crippen LogP contribution is -2.28. The summed E-state index contributed by atoms with van der Waals surface area (Å²) < 4.78 is 27.9. The van der Waals surface area contributed by atoms with E-state index in [1.165, 1.54) is 24.8 Å². The fourth-order valence-corrected chi connectivity index (χ4v) is 5.03. The molecule has 0 aliphatic carbocycles. The van der Waals surface area contributed by atoms with Gasteiger partial charge in [-0.05, 0) is 55.3 Å². The van der Waals surface area contributed by atoms with Crippen LogP contribution in [0.15, 0.2) is 42.5 Å². The molecule has 2 aliphatic rings. The summed E-state index contributed by atoms with van der Waals surface area (Å²) in [4.78, 5) is 18.8. The Morgan fingerprint density at radius 2 is 1.87 bits per heavy atom. The summed E-state index contributed by atoms with van der Waals surface area (Å²) >= 11 is 0. The molecule has 1 aromatic heterocycles. The lowest BCUT2D eigenvalue weighted by Gasteiger charge is -2.26. The van der Waals surface area contributed by atoms with Gasteiger partial charge in [-0.15, -0.1) is 4.28 Å². The average molecular weight is 440 g/mol. The number of hydrogen-bond donors (Lipinski definition) is 1. The van der Waals surface area contributed by atoms with Gasteiger partial charge in [-0.25, -0.2) is 0 Å². The number of hydroxylamine groups is 2. The van der Waals surface area contributed by atoms with Crippen LogP contribution < -0.4 is 0 Å². The molecule has 31 heavy (non-hydrogen) atoms. The molecule has 7 nitrogen and oxygen atoms in total. The Labute approximate surface area is 181 Å². The third kappa shape index (κ3) is 4.11. The first-order valence-electron chi connectivity index (χ1n) is 10.5. The Morgan fingerprint density at radius 1 is 1.06 bits per heavy atom. The summed E-state index contributed by atoms with van der Waals surface area (Å²) in [5.41, 5.74) is 5.08. The second-order valence-electron chi connectivity index (χ2n) is 8.40. The van der Waals surface area contributed by atoms with Gasteiger partial charge < -0.3 is 4.98 Å². The van der Waals surface area contributed by atoms with Crippen LogP contribution in [0.25, 0.3) is 22.2 Å². The zero-order chi connectivity index (χ0) is 21.6. The maximum atomic E-state index is 12.9. The van der Waals surface area contributed by atoms with Crippen molar-refractivity contribution in [1.82, 2.24) is 14.9 Å². The van der Waals surface area contributed by atoms with Crippen molar-refractivity contribution in [2.45, 2.75) is 32.4 Å². The maximum Gasteiger partial charge on any atom is 0.285 e. The van der Waals surface area contributed by atoms with E-state index in [0.29, 0.717) is 5.56 Å². The molecule has 0 bridgehead atoms. The van der Waals surface area contributed by atoms with Crippen LogP contribution in [0.1, 0.15) is 40.7 Å². The molecule has 3 aromatic rings. The van der Waals surface area contributed by atoms with Crippen LogP contribution in [0.4, 0.5) is 0 Å². The highest BCUT2D eigenvalue weighted by atomic mass is 32.2. The molecule has 162 valence electrons. The van der Waals surface area contributed by atoms with Crippen molar-refractivity contribution in [3.05, 3.63) is 59.2 Å². The van der Waals surface area contributed by atoms with Gasteiger partial charge in [0, 0.05) is 28.7 Å². The number of aromatic amines is 1. The minimum atomic E-state index is -3.78. The number of carbonyl (C=O) groups excluding carboxylic acids is 1. The molecule has 1 amide bonds. The monoisotopic (exact) mass is 439 g/mol. The summed E-state index contributed by atoms with van der Waals surface area (Å²) in [7, 11) is -3.78. The van der Waals surface area contributed by atoms with Crippen molar-refractivity contribution in [3.8, 4) is 11.3 Å². The van der Waals surface area contributed by atoms with Crippen LogP contribution in [-0.2, 0) is 27.5 Å². The molecule has 1 N–H and O–H groups in total. The molecular formula is C23H25N3O4S. The van der Waals surface area contributed by atoms with Crippen LogP contribution in [0, 0.1) is 0 Å². The molecular weight excluding hydrogens is 414 g/mol. The molecule has 3 heterocycles. The number of nitrogens with one attached hydrogen (secondary N) is 1. The molecule has 2 aliphatic heterocycles. The van der Waals surface area contributed by atoms with E-state index in [9.17, 15) is 13.2 Å². The Hall–Kier alpha value is -2.68. The number of piperidine rings is 1. The van der Waals surface area contributed by atoms with Crippen molar-refractivity contribution in [3.63, 3.8) is 0 Å². The number of H-pyrrole nitrogens is 1. The number of amides is 1. The van der Waals surface area contributed by atoms with Crippen molar-refractivity contribution >= 4 is 26.9 Å². The normalized spacial score (nSPS) is 17.5. The Morgan fingerprint density at radius 3 is 2.65 bits per heavy atom. The van der Waals surface area contributed by atoms with E-state index in [0.717, 1.165) is 58.7 Å². The van der Waals surface area contributed by atoms with E-state index < -0.39 is 16.0 Å². The summed E-state index contributed by atoms with van der Waals surface area (Å²) in [6.45, 7) is 3.37. The van der Waals surface area contributed by atoms with Gasteiger partial charge in [0.1, 0.15) is 0 Å². The molecule has 5 rings (SSSR count). The van der Waals surface area contributed by atoms with Crippen LogP contribution >= 0.6 is 0 Å². The minimum absolute atomic E-state index is 0.106. The number of likely N-dealkylation sites (tertiary alicyclic amines) is 1. The highest BCUT2D eigenvalue weighted by Crippen LogP contribution is 2.34. The predicted octanol–water partition coefficient (Wildman–Crippen LogP) is 3.67. The first kappa shape index (κ1) is 20.2. The van der Waals surface area contributed by atoms with E-state index in [-0.39, 0.29) is 6.54 Å². The molecule has 0 radical (unpaired) electrons. The lowest BCUT2D eigenvalue weighted by molar-refractivity contribution is -0.0262. The molecule has 1 fully saturated rings. The minimum Gasteiger partial charge on any atom is -0.355 e. The average Bonchev–Trinajstić information content (AvgIpc) is 3.28. The number of fused-ring (bicyclic) bond motifs is 2. The topological polar surface area (TPSA) is 82.7 Å². The molecule has 0 saturated carbocycles. The Bertz CT molecular complexity index is 1260. The number of carbonyl (C=O) groups is 1. The first-order chi connectivity index (χ1) is 14.9. The number of hydrogen-bond acceptors (Lipinski definition) is 5. The van der Waals surface area contributed by atoms with E-state index in [1.807, 2.05) is 18.2 Å². The smallest absolute Gasteiger partial charge is 0.285 e. The summed E-state index contributed by atoms with van der Waals surface area (Å²) in [6, 6.07) is 14.1. The lowest BCUT2D eigenvalue weighted by atomic mass is 10.0.